The van der Waals surface area contributed by atoms with Gasteiger partial charge < -0.3 is 10.3 Å². The highest BCUT2D eigenvalue weighted by molar-refractivity contribution is 7.16. The molecule has 16 heavy (non-hydrogen) atoms. The van der Waals surface area contributed by atoms with E-state index in [2.05, 4.69) is 28.3 Å². The number of hydrogen-bond acceptors (Lipinski definition) is 3. The Labute approximate surface area is 104 Å². The summed E-state index contributed by atoms with van der Waals surface area (Å²) >= 11 is 7.51. The molecule has 0 spiro atoms. The highest BCUT2D eigenvalue weighted by Crippen LogP contribution is 2.26. The topological polar surface area (TPSA) is 40.7 Å². The van der Waals surface area contributed by atoms with Crippen molar-refractivity contribution >= 4 is 22.9 Å². The summed E-state index contributed by atoms with van der Waals surface area (Å²) in [6, 6.07) is 4.29. The Morgan fingerprint density at radius 2 is 2.38 bits per heavy atom. The van der Waals surface area contributed by atoms with Crippen LogP contribution in [0.5, 0.6) is 0 Å². The molecule has 0 aliphatic rings. The van der Waals surface area contributed by atoms with Gasteiger partial charge in [-0.1, -0.05) is 11.6 Å². The number of nitrogens with zero attached hydrogens (tertiary/aromatic N) is 1. The maximum Gasteiger partial charge on any atom is 0.0931 e. The fourth-order valence-electron chi connectivity index (χ4n) is 1.48. The van der Waals surface area contributed by atoms with Gasteiger partial charge in [0.2, 0.25) is 0 Å². The van der Waals surface area contributed by atoms with Crippen molar-refractivity contribution in [3.05, 3.63) is 39.1 Å². The molecular formula is C11H14ClN3S. The first kappa shape index (κ1) is 11.6. The molecule has 0 bridgehead atoms. The number of nitrogens with one attached hydrogen (secondary N) is 2. The van der Waals surface area contributed by atoms with E-state index in [1.54, 1.807) is 17.7 Å². The fraction of sp³-hybridized carbons (Fsp3) is 0.364. The van der Waals surface area contributed by atoms with Crippen LogP contribution >= 0.6 is 22.9 Å². The van der Waals surface area contributed by atoms with Gasteiger partial charge in [0.05, 0.1) is 16.4 Å². The van der Waals surface area contributed by atoms with Crippen LogP contribution in [-0.4, -0.2) is 9.97 Å². The Bertz CT molecular complexity index is 463. The second-order valence-electron chi connectivity index (χ2n) is 3.72. The summed E-state index contributed by atoms with van der Waals surface area (Å²) in [6.07, 6.45) is 1.72. The molecule has 3 nitrogen and oxygen atoms in total. The third-order valence-electron chi connectivity index (χ3n) is 2.53. The Balaban J connectivity index is 1.93. The van der Waals surface area contributed by atoms with E-state index in [0.29, 0.717) is 6.04 Å². The predicted octanol–water partition coefficient (Wildman–Crippen LogP) is 3.28. The predicted molar refractivity (Wildman–Crippen MR) is 67.9 cm³/mol. The molecular weight excluding hydrogens is 242 g/mol. The molecule has 2 aromatic rings. The highest BCUT2D eigenvalue weighted by atomic mass is 35.5. The number of halogens is 1. The van der Waals surface area contributed by atoms with E-state index in [4.69, 9.17) is 11.6 Å². The minimum atomic E-state index is 0.300. The van der Waals surface area contributed by atoms with Crippen molar-refractivity contribution in [3.8, 4) is 0 Å². The van der Waals surface area contributed by atoms with E-state index in [0.717, 1.165) is 22.3 Å². The van der Waals surface area contributed by atoms with Crippen LogP contribution in [0.25, 0.3) is 0 Å². The average Bonchev–Trinajstić information content (AvgIpc) is 2.84. The molecule has 2 heterocycles. The molecule has 5 heteroatoms. The van der Waals surface area contributed by atoms with Crippen LogP contribution < -0.4 is 5.32 Å². The summed E-state index contributed by atoms with van der Waals surface area (Å²) in [5.41, 5.74) is 2.18. The summed E-state index contributed by atoms with van der Waals surface area (Å²) < 4.78 is 0.833. The molecule has 1 atom stereocenters. The average molecular weight is 256 g/mol. The normalized spacial score (nSPS) is 12.9. The smallest absolute Gasteiger partial charge is 0.0931 e. The van der Waals surface area contributed by atoms with Gasteiger partial charge in [-0.3, -0.25) is 0 Å². The third kappa shape index (κ3) is 2.64. The Morgan fingerprint density at radius 3 is 2.94 bits per heavy atom. The third-order valence-corrected chi connectivity index (χ3v) is 3.94. The molecule has 86 valence electrons. The monoisotopic (exact) mass is 255 g/mol. The molecule has 0 radical (unpaired) electrons. The SMILES string of the molecule is Cc1[nH]cnc1CNC(C)c1ccc(Cl)s1. The Hall–Kier alpha value is -0.840. The number of hydrogen-bond donors (Lipinski definition) is 2. The van der Waals surface area contributed by atoms with Gasteiger partial charge in [0.25, 0.3) is 0 Å². The minimum Gasteiger partial charge on any atom is -0.348 e. The quantitative estimate of drug-likeness (QED) is 0.880. The van der Waals surface area contributed by atoms with Crippen LogP contribution in [0, 0.1) is 6.92 Å². The zero-order valence-corrected chi connectivity index (χ0v) is 10.8. The maximum atomic E-state index is 5.90. The molecule has 2 N–H and O–H groups in total. The van der Waals surface area contributed by atoms with Gasteiger partial charge in [0, 0.05) is 23.2 Å². The van der Waals surface area contributed by atoms with Crippen LogP contribution in [-0.2, 0) is 6.54 Å². The van der Waals surface area contributed by atoms with Crippen molar-refractivity contribution in [2.45, 2.75) is 26.4 Å². The highest BCUT2D eigenvalue weighted by Gasteiger charge is 2.09. The zero-order valence-electron chi connectivity index (χ0n) is 9.25. The summed E-state index contributed by atoms with van der Waals surface area (Å²) in [6.45, 7) is 4.92. The molecule has 0 saturated carbocycles. The van der Waals surface area contributed by atoms with E-state index < -0.39 is 0 Å². The molecule has 1 unspecified atom stereocenters. The molecule has 0 aliphatic heterocycles. The number of aryl methyl sites for hydroxylation is 1. The van der Waals surface area contributed by atoms with Crippen molar-refractivity contribution in [1.82, 2.24) is 15.3 Å². The number of rotatable bonds is 4. The first-order valence-corrected chi connectivity index (χ1v) is 6.33. The lowest BCUT2D eigenvalue weighted by Crippen LogP contribution is -2.17. The van der Waals surface area contributed by atoms with Crippen LogP contribution in [0.15, 0.2) is 18.5 Å². The van der Waals surface area contributed by atoms with E-state index >= 15 is 0 Å². The number of H-pyrrole nitrogens is 1. The van der Waals surface area contributed by atoms with E-state index in [1.807, 2.05) is 13.0 Å². The molecule has 0 saturated heterocycles. The number of aromatic amines is 1. The second kappa shape index (κ2) is 4.99. The van der Waals surface area contributed by atoms with Crippen molar-refractivity contribution in [2.75, 3.05) is 0 Å². The van der Waals surface area contributed by atoms with Gasteiger partial charge in [0.1, 0.15) is 0 Å². The molecule has 0 amide bonds. The molecule has 2 aromatic heterocycles. The van der Waals surface area contributed by atoms with Crippen molar-refractivity contribution in [3.63, 3.8) is 0 Å². The maximum absolute atomic E-state index is 5.90. The van der Waals surface area contributed by atoms with E-state index in [1.165, 1.54) is 4.88 Å². The molecule has 0 fully saturated rings. The summed E-state index contributed by atoms with van der Waals surface area (Å²) in [5.74, 6) is 0. The van der Waals surface area contributed by atoms with Gasteiger partial charge in [-0.15, -0.1) is 11.3 Å². The van der Waals surface area contributed by atoms with Gasteiger partial charge in [0.15, 0.2) is 0 Å². The number of aromatic nitrogens is 2. The summed E-state index contributed by atoms with van der Waals surface area (Å²) in [5, 5.41) is 3.42. The van der Waals surface area contributed by atoms with Crippen molar-refractivity contribution < 1.29 is 0 Å². The first-order valence-electron chi connectivity index (χ1n) is 5.14. The Kier molecular flexibility index (Phi) is 3.63. The van der Waals surface area contributed by atoms with Crippen LogP contribution in [0.3, 0.4) is 0 Å². The van der Waals surface area contributed by atoms with Gasteiger partial charge >= 0.3 is 0 Å². The lowest BCUT2D eigenvalue weighted by molar-refractivity contribution is 0.575. The molecule has 0 aromatic carbocycles. The van der Waals surface area contributed by atoms with Gasteiger partial charge in [-0.25, -0.2) is 4.98 Å². The summed E-state index contributed by atoms with van der Waals surface area (Å²) in [4.78, 5) is 8.56. The van der Waals surface area contributed by atoms with Crippen molar-refractivity contribution in [2.24, 2.45) is 0 Å². The van der Waals surface area contributed by atoms with Crippen molar-refractivity contribution in [1.29, 1.82) is 0 Å². The number of imidazole rings is 1. The van der Waals surface area contributed by atoms with E-state index in [9.17, 15) is 0 Å². The lowest BCUT2D eigenvalue weighted by atomic mass is 10.2. The van der Waals surface area contributed by atoms with E-state index in [-0.39, 0.29) is 0 Å². The number of thiophene rings is 1. The summed E-state index contributed by atoms with van der Waals surface area (Å²) in [7, 11) is 0. The van der Waals surface area contributed by atoms with Gasteiger partial charge in [-0.2, -0.15) is 0 Å². The standard InChI is InChI=1S/C11H14ClN3S/c1-7-9(15-6-14-7)5-13-8(2)10-3-4-11(12)16-10/h3-4,6,8,13H,5H2,1-2H3,(H,14,15). The van der Waals surface area contributed by atoms with Crippen LogP contribution in [0.1, 0.15) is 29.2 Å². The molecule has 0 aliphatic carbocycles. The fourth-order valence-corrected chi connectivity index (χ4v) is 2.56. The second-order valence-corrected chi connectivity index (χ2v) is 5.47. The minimum absolute atomic E-state index is 0.300. The van der Waals surface area contributed by atoms with Crippen LogP contribution in [0.4, 0.5) is 0 Å². The van der Waals surface area contributed by atoms with Crippen LogP contribution in [0.2, 0.25) is 4.34 Å². The van der Waals surface area contributed by atoms with Gasteiger partial charge in [-0.05, 0) is 26.0 Å². The zero-order chi connectivity index (χ0) is 11.5. The Morgan fingerprint density at radius 1 is 1.56 bits per heavy atom. The lowest BCUT2D eigenvalue weighted by Gasteiger charge is -2.10. The largest absolute Gasteiger partial charge is 0.348 e. The molecule has 2 rings (SSSR count). The first-order chi connectivity index (χ1) is 7.66.